The number of unbranched alkanes of at least 4 members (excludes halogenated alkanes) is 21. The number of carbonyl (C=O) groups excluding carboxylic acids is 2. The SMILES string of the molecule is CC/C=C\C/C=C\C/C=C\C/C=C\C/C=C\C/C=C\CCCCCCCCCCC(=O)NC(COP(=O)(O)OCC[N+](C)(C)C)C(/C=C\CCCCCCCCCCC)OC(=O)CCC/C=C\C/C=C\C/C=C\C/C=C\CCCCC. The van der Waals surface area contributed by atoms with Crippen molar-refractivity contribution in [2.24, 2.45) is 0 Å². The molecule has 0 saturated heterocycles. The molecule has 3 unspecified atom stereocenters. The number of rotatable bonds is 57. The van der Waals surface area contributed by atoms with E-state index in [9.17, 15) is 19.0 Å². The summed E-state index contributed by atoms with van der Waals surface area (Å²) in [5.41, 5.74) is 0. The normalized spacial score (nSPS) is 14.5. The minimum atomic E-state index is -4.47. The molecular formula is C71H122N2O7P+. The molecule has 0 aromatic heterocycles. The van der Waals surface area contributed by atoms with Crippen molar-refractivity contribution >= 4 is 19.7 Å². The summed E-state index contributed by atoms with van der Waals surface area (Å²) in [6.45, 7) is 6.81. The Labute approximate surface area is 498 Å². The average molecular weight is 1150 g/mol. The lowest BCUT2D eigenvalue weighted by Crippen LogP contribution is -2.47. The zero-order chi connectivity index (χ0) is 59.3. The summed E-state index contributed by atoms with van der Waals surface area (Å²) in [5.74, 6) is -0.589. The Morgan fingerprint density at radius 1 is 0.444 bits per heavy atom. The highest BCUT2D eigenvalue weighted by Crippen LogP contribution is 2.43. The van der Waals surface area contributed by atoms with Crippen LogP contribution in [0.25, 0.3) is 0 Å². The molecule has 9 nitrogen and oxygen atoms in total. The lowest BCUT2D eigenvalue weighted by atomic mass is 10.0. The largest absolute Gasteiger partial charge is 0.472 e. The molecule has 0 rings (SSSR count). The van der Waals surface area contributed by atoms with Gasteiger partial charge in [0.1, 0.15) is 19.3 Å². The van der Waals surface area contributed by atoms with Gasteiger partial charge in [-0.25, -0.2) is 4.57 Å². The number of phosphoric acid groups is 1. The fraction of sp³-hybridized carbons (Fsp3) is 0.662. The molecule has 0 aromatic carbocycles. The van der Waals surface area contributed by atoms with Crippen LogP contribution in [0.1, 0.15) is 252 Å². The smallest absolute Gasteiger partial charge is 0.456 e. The molecule has 2 N–H and O–H groups in total. The Hall–Kier alpha value is -3.85. The average Bonchev–Trinajstić information content (AvgIpc) is 3.43. The van der Waals surface area contributed by atoms with Gasteiger partial charge in [0, 0.05) is 12.8 Å². The maximum Gasteiger partial charge on any atom is 0.472 e. The second-order valence-corrected chi connectivity index (χ2v) is 24.0. The molecule has 0 spiro atoms. The predicted molar refractivity (Wildman–Crippen MR) is 350 cm³/mol. The number of esters is 1. The molecular weight excluding hydrogens is 1020 g/mol. The quantitative estimate of drug-likeness (QED) is 0.0205. The molecule has 0 aliphatic carbocycles. The number of nitrogens with one attached hydrogen (secondary N) is 1. The molecule has 0 saturated carbocycles. The van der Waals surface area contributed by atoms with Crippen molar-refractivity contribution in [1.29, 1.82) is 0 Å². The highest BCUT2D eigenvalue weighted by Gasteiger charge is 2.30. The van der Waals surface area contributed by atoms with Gasteiger partial charge in [0.2, 0.25) is 5.91 Å². The molecule has 0 aliphatic rings. The van der Waals surface area contributed by atoms with Gasteiger partial charge in [-0.2, -0.15) is 0 Å². The number of hydrogen-bond acceptors (Lipinski definition) is 6. The molecule has 3 atom stereocenters. The van der Waals surface area contributed by atoms with Crippen LogP contribution < -0.4 is 5.32 Å². The van der Waals surface area contributed by atoms with Gasteiger partial charge >= 0.3 is 13.8 Å². The van der Waals surface area contributed by atoms with E-state index in [0.29, 0.717) is 23.9 Å². The van der Waals surface area contributed by atoms with Gasteiger partial charge in [-0.15, -0.1) is 0 Å². The monoisotopic (exact) mass is 1150 g/mol. The third kappa shape index (κ3) is 60.6. The number of amides is 1. The standard InChI is InChI=1S/C71H121N2O7P/c1-7-10-13-16-19-22-25-27-29-31-32-33-34-35-36-37-38-39-40-42-43-45-48-51-54-57-60-63-70(74)72-68(67-79-81(76,77)78-66-65-73(4,5)6)69(62-59-56-53-50-47-24-21-18-15-12-9-3)80-71(75)64-61-58-55-52-49-46-44-41-30-28-26-23-20-17-14-11-8-2/h10,13,19-20,22-23,27-30,32-33,35-36,38-39,44,46,52,55,59,62,68-69H,7-9,11-12,14-18,21,24-26,31,34,37,40-43,45,47-51,53-54,56-58,60-61,63-67H2,1-6H3,(H-,72,74,76,77)/p+1/b13-10-,22-19-,23-20-,29-27-,30-28-,33-32-,36-35-,39-38-,46-44-,55-52-,62-59-. The van der Waals surface area contributed by atoms with Crippen molar-refractivity contribution < 1.29 is 37.3 Å². The third-order valence-electron chi connectivity index (χ3n) is 13.6. The minimum absolute atomic E-state index is 0.0229. The molecule has 10 heteroatoms. The van der Waals surface area contributed by atoms with E-state index in [1.807, 2.05) is 33.3 Å². The fourth-order valence-electron chi connectivity index (χ4n) is 8.58. The van der Waals surface area contributed by atoms with Crippen molar-refractivity contribution in [1.82, 2.24) is 5.32 Å². The zero-order valence-electron chi connectivity index (χ0n) is 52.7. The van der Waals surface area contributed by atoms with Crippen LogP contribution >= 0.6 is 7.82 Å². The van der Waals surface area contributed by atoms with Gasteiger partial charge in [0.25, 0.3) is 0 Å². The van der Waals surface area contributed by atoms with E-state index in [2.05, 4.69) is 148 Å². The van der Waals surface area contributed by atoms with Crippen molar-refractivity contribution in [3.05, 3.63) is 134 Å². The van der Waals surface area contributed by atoms with Crippen molar-refractivity contribution in [2.45, 2.75) is 264 Å². The Morgan fingerprint density at radius 2 is 0.802 bits per heavy atom. The van der Waals surface area contributed by atoms with E-state index in [0.717, 1.165) is 116 Å². The van der Waals surface area contributed by atoms with E-state index in [1.165, 1.54) is 96.3 Å². The van der Waals surface area contributed by atoms with Gasteiger partial charge < -0.3 is 19.4 Å². The summed E-state index contributed by atoms with van der Waals surface area (Å²) in [6, 6.07) is -0.884. The molecule has 0 aliphatic heterocycles. The van der Waals surface area contributed by atoms with Gasteiger partial charge in [-0.1, -0.05) is 251 Å². The van der Waals surface area contributed by atoms with E-state index >= 15 is 0 Å². The van der Waals surface area contributed by atoms with E-state index in [4.69, 9.17) is 13.8 Å². The Balaban J connectivity index is 5.20. The summed E-state index contributed by atoms with van der Waals surface area (Å²) < 4.78 is 30.6. The zero-order valence-corrected chi connectivity index (χ0v) is 53.6. The van der Waals surface area contributed by atoms with Gasteiger partial charge in [-0.3, -0.25) is 18.6 Å². The third-order valence-corrected chi connectivity index (χ3v) is 14.6. The van der Waals surface area contributed by atoms with Crippen LogP contribution in [0, 0.1) is 0 Å². The first-order chi connectivity index (χ1) is 39.4. The lowest BCUT2D eigenvalue weighted by Gasteiger charge is -2.27. The first-order valence-electron chi connectivity index (χ1n) is 32.5. The van der Waals surface area contributed by atoms with Crippen LogP contribution in [0.3, 0.4) is 0 Å². The predicted octanol–water partition coefficient (Wildman–Crippen LogP) is 20.4. The number of quaternary nitrogens is 1. The molecule has 0 heterocycles. The number of phosphoric ester groups is 1. The van der Waals surface area contributed by atoms with E-state index in [1.54, 1.807) is 0 Å². The first-order valence-corrected chi connectivity index (χ1v) is 34.0. The summed E-state index contributed by atoms with van der Waals surface area (Å²) in [4.78, 5) is 37.7. The van der Waals surface area contributed by atoms with Crippen LogP contribution in [-0.4, -0.2) is 74.3 Å². The number of hydrogen-bond donors (Lipinski definition) is 2. The van der Waals surface area contributed by atoms with Crippen LogP contribution in [0.4, 0.5) is 0 Å². The Morgan fingerprint density at radius 3 is 1.23 bits per heavy atom. The van der Waals surface area contributed by atoms with Crippen molar-refractivity contribution in [2.75, 3.05) is 40.9 Å². The molecule has 81 heavy (non-hydrogen) atoms. The van der Waals surface area contributed by atoms with Gasteiger partial charge in [0.15, 0.2) is 0 Å². The van der Waals surface area contributed by atoms with Crippen molar-refractivity contribution in [3.63, 3.8) is 0 Å². The number of nitrogens with zero attached hydrogens (tertiary/aromatic N) is 1. The maximum absolute atomic E-state index is 13.6. The van der Waals surface area contributed by atoms with E-state index < -0.39 is 20.0 Å². The second-order valence-electron chi connectivity index (χ2n) is 22.5. The second kappa shape index (κ2) is 59.3. The topological polar surface area (TPSA) is 111 Å². The van der Waals surface area contributed by atoms with Crippen LogP contribution in [0.15, 0.2) is 134 Å². The minimum Gasteiger partial charge on any atom is -0.456 e. The summed E-state index contributed by atoms with van der Waals surface area (Å²) in [7, 11) is 1.44. The molecule has 0 fully saturated rings. The number of carbonyl (C=O) groups is 2. The Bertz CT molecular complexity index is 1850. The molecule has 1 amide bonds. The molecule has 0 radical (unpaired) electrons. The molecule has 0 aromatic rings. The lowest BCUT2D eigenvalue weighted by molar-refractivity contribution is -0.870. The highest BCUT2D eigenvalue weighted by atomic mass is 31.2. The van der Waals surface area contributed by atoms with Crippen LogP contribution in [-0.2, 0) is 27.9 Å². The molecule has 462 valence electrons. The maximum atomic E-state index is 13.6. The molecule has 0 bridgehead atoms. The van der Waals surface area contributed by atoms with Gasteiger partial charge in [0.05, 0.1) is 33.8 Å². The van der Waals surface area contributed by atoms with E-state index in [-0.39, 0.29) is 31.5 Å². The van der Waals surface area contributed by atoms with Gasteiger partial charge in [-0.05, 0) is 122 Å². The fourth-order valence-corrected chi connectivity index (χ4v) is 9.32. The number of ether oxygens (including phenoxy) is 1. The van der Waals surface area contributed by atoms with Crippen LogP contribution in [0.2, 0.25) is 0 Å². The summed E-state index contributed by atoms with van der Waals surface area (Å²) in [5, 5.41) is 3.04. The van der Waals surface area contributed by atoms with Crippen molar-refractivity contribution in [3.8, 4) is 0 Å². The number of likely N-dealkylation sites (N-methyl/N-ethyl adjacent to an activating group) is 1. The highest BCUT2D eigenvalue weighted by molar-refractivity contribution is 7.47. The summed E-state index contributed by atoms with van der Waals surface area (Å²) in [6.07, 6.45) is 84.6. The Kier molecular flexibility index (Phi) is 56.5. The first kappa shape index (κ1) is 77.2. The number of allylic oxidation sites excluding steroid dienone is 21. The van der Waals surface area contributed by atoms with Crippen LogP contribution in [0.5, 0.6) is 0 Å². The summed E-state index contributed by atoms with van der Waals surface area (Å²) >= 11 is 0.